The van der Waals surface area contributed by atoms with Gasteiger partial charge in [-0.05, 0) is 5.92 Å². The zero-order valence-electron chi connectivity index (χ0n) is 8.02. The molecule has 0 saturated heterocycles. The van der Waals surface area contributed by atoms with E-state index in [9.17, 15) is 8.42 Å². The van der Waals surface area contributed by atoms with Gasteiger partial charge in [0.1, 0.15) is 0 Å². The maximum absolute atomic E-state index is 10.6. The first-order valence-electron chi connectivity index (χ1n) is 4.03. The Labute approximate surface area is 79.3 Å². The van der Waals surface area contributed by atoms with E-state index in [0.717, 1.165) is 0 Å². The highest BCUT2D eigenvalue weighted by atomic mass is 32.2. The van der Waals surface area contributed by atoms with Crippen LogP contribution in [-0.2, 0) is 19.5 Å². The number of primary sulfonamides is 1. The van der Waals surface area contributed by atoms with Crippen molar-refractivity contribution in [3.63, 3.8) is 0 Å². The van der Waals surface area contributed by atoms with Crippen LogP contribution in [0.2, 0.25) is 0 Å². The highest BCUT2D eigenvalue weighted by molar-refractivity contribution is 7.89. The summed E-state index contributed by atoms with van der Waals surface area (Å²) in [4.78, 5) is 0. The first kappa shape index (κ1) is 12.8. The van der Waals surface area contributed by atoms with Crippen molar-refractivity contribution in [2.45, 2.75) is 6.92 Å². The average molecular weight is 211 g/mol. The van der Waals surface area contributed by atoms with Crippen molar-refractivity contribution in [1.29, 1.82) is 0 Å². The third-order valence-electron chi connectivity index (χ3n) is 1.35. The molecule has 0 saturated carbocycles. The highest BCUT2D eigenvalue weighted by Crippen LogP contribution is 1.98. The van der Waals surface area contributed by atoms with Gasteiger partial charge in [0, 0.05) is 7.11 Å². The molecule has 0 aliphatic heterocycles. The summed E-state index contributed by atoms with van der Waals surface area (Å²) in [5.41, 5.74) is 0. The van der Waals surface area contributed by atoms with Gasteiger partial charge in [-0.15, -0.1) is 0 Å². The predicted molar refractivity (Wildman–Crippen MR) is 49.8 cm³/mol. The monoisotopic (exact) mass is 211 g/mol. The number of sulfonamides is 1. The SMILES string of the molecule is COCCOCC(C)CS(N)(=O)=O. The van der Waals surface area contributed by atoms with E-state index in [4.69, 9.17) is 14.6 Å². The van der Waals surface area contributed by atoms with Crippen molar-refractivity contribution in [2.24, 2.45) is 11.1 Å². The molecule has 5 nitrogen and oxygen atoms in total. The Morgan fingerprint density at radius 2 is 2.00 bits per heavy atom. The third kappa shape index (κ3) is 9.75. The van der Waals surface area contributed by atoms with Crippen LogP contribution >= 0.6 is 0 Å². The van der Waals surface area contributed by atoms with Crippen LogP contribution in [0.15, 0.2) is 0 Å². The lowest BCUT2D eigenvalue weighted by atomic mass is 10.2. The Balaban J connectivity index is 3.47. The smallest absolute Gasteiger partial charge is 0.209 e. The van der Waals surface area contributed by atoms with Gasteiger partial charge in [0.25, 0.3) is 0 Å². The van der Waals surface area contributed by atoms with Crippen LogP contribution in [0, 0.1) is 5.92 Å². The Morgan fingerprint density at radius 3 is 2.46 bits per heavy atom. The van der Waals surface area contributed by atoms with Gasteiger partial charge in [-0.1, -0.05) is 6.92 Å². The Hall–Kier alpha value is -0.170. The lowest BCUT2D eigenvalue weighted by Gasteiger charge is -2.09. The summed E-state index contributed by atoms with van der Waals surface area (Å²) < 4.78 is 31.1. The first-order chi connectivity index (χ1) is 5.95. The molecule has 0 aromatic rings. The summed E-state index contributed by atoms with van der Waals surface area (Å²) in [7, 11) is -1.80. The zero-order chi connectivity index (χ0) is 10.3. The van der Waals surface area contributed by atoms with Crippen LogP contribution < -0.4 is 5.14 Å². The summed E-state index contributed by atoms with van der Waals surface area (Å²) in [6.07, 6.45) is 0. The fourth-order valence-electron chi connectivity index (χ4n) is 0.871. The van der Waals surface area contributed by atoms with Crippen molar-refractivity contribution < 1.29 is 17.9 Å². The highest BCUT2D eigenvalue weighted by Gasteiger charge is 2.10. The van der Waals surface area contributed by atoms with E-state index in [-0.39, 0.29) is 11.7 Å². The van der Waals surface area contributed by atoms with Gasteiger partial charge < -0.3 is 9.47 Å². The predicted octanol–water partition coefficient (Wildman–Crippen LogP) is -0.426. The van der Waals surface area contributed by atoms with Gasteiger partial charge >= 0.3 is 0 Å². The molecule has 1 atom stereocenters. The van der Waals surface area contributed by atoms with E-state index >= 15 is 0 Å². The molecule has 2 N–H and O–H groups in total. The third-order valence-corrected chi connectivity index (χ3v) is 2.38. The minimum atomic E-state index is -3.38. The van der Waals surface area contributed by atoms with Crippen molar-refractivity contribution in [3.8, 4) is 0 Å². The molecular weight excluding hydrogens is 194 g/mol. The number of ether oxygens (including phenoxy) is 2. The quantitative estimate of drug-likeness (QED) is 0.580. The van der Waals surface area contributed by atoms with Crippen molar-refractivity contribution >= 4 is 10.0 Å². The van der Waals surface area contributed by atoms with E-state index in [1.165, 1.54) is 0 Å². The molecule has 0 aliphatic rings. The minimum Gasteiger partial charge on any atom is -0.382 e. The molecule has 1 unspecified atom stereocenters. The summed E-state index contributed by atoms with van der Waals surface area (Å²) in [6.45, 7) is 3.16. The number of methoxy groups -OCH3 is 1. The second-order valence-electron chi connectivity index (χ2n) is 3.00. The second-order valence-corrected chi connectivity index (χ2v) is 4.66. The van der Waals surface area contributed by atoms with Crippen LogP contribution in [0.3, 0.4) is 0 Å². The maximum Gasteiger partial charge on any atom is 0.209 e. The van der Waals surface area contributed by atoms with Crippen molar-refractivity contribution in [2.75, 3.05) is 32.7 Å². The summed E-state index contributed by atoms with van der Waals surface area (Å²) in [5.74, 6) is -0.119. The van der Waals surface area contributed by atoms with E-state index in [2.05, 4.69) is 0 Å². The maximum atomic E-state index is 10.6. The van der Waals surface area contributed by atoms with Crippen LogP contribution in [0.4, 0.5) is 0 Å². The Bertz CT molecular complexity index is 215. The largest absolute Gasteiger partial charge is 0.382 e. The van der Waals surface area contributed by atoms with Gasteiger partial charge in [0.05, 0.1) is 25.6 Å². The van der Waals surface area contributed by atoms with Crippen LogP contribution in [0.25, 0.3) is 0 Å². The van der Waals surface area contributed by atoms with Gasteiger partial charge in [-0.3, -0.25) is 0 Å². The van der Waals surface area contributed by atoms with E-state index in [1.807, 2.05) is 0 Å². The molecule has 0 aromatic heterocycles. The molecule has 0 aliphatic carbocycles. The number of rotatable bonds is 7. The molecule has 0 radical (unpaired) electrons. The van der Waals surface area contributed by atoms with Gasteiger partial charge in [-0.2, -0.15) is 0 Å². The second kappa shape index (κ2) is 6.31. The summed E-state index contributed by atoms with van der Waals surface area (Å²) in [5, 5.41) is 4.86. The van der Waals surface area contributed by atoms with E-state index < -0.39 is 10.0 Å². The van der Waals surface area contributed by atoms with Crippen LogP contribution in [-0.4, -0.2) is 41.1 Å². The molecule has 0 bridgehead atoms. The zero-order valence-corrected chi connectivity index (χ0v) is 8.84. The molecule has 0 amide bonds. The lowest BCUT2D eigenvalue weighted by Crippen LogP contribution is -2.24. The van der Waals surface area contributed by atoms with E-state index in [0.29, 0.717) is 19.8 Å². The number of hydrogen-bond acceptors (Lipinski definition) is 4. The fraction of sp³-hybridized carbons (Fsp3) is 1.00. The van der Waals surface area contributed by atoms with Gasteiger partial charge in [-0.25, -0.2) is 13.6 Å². The molecule has 0 spiro atoms. The molecule has 13 heavy (non-hydrogen) atoms. The molecule has 0 aromatic carbocycles. The Morgan fingerprint density at radius 1 is 1.38 bits per heavy atom. The van der Waals surface area contributed by atoms with Crippen LogP contribution in [0.1, 0.15) is 6.92 Å². The summed E-state index contributed by atoms with van der Waals surface area (Å²) in [6, 6.07) is 0. The summed E-state index contributed by atoms with van der Waals surface area (Å²) >= 11 is 0. The molecule has 0 fully saturated rings. The minimum absolute atomic E-state index is 0.0417. The number of hydrogen-bond donors (Lipinski definition) is 1. The lowest BCUT2D eigenvalue weighted by molar-refractivity contribution is 0.0577. The number of nitrogens with two attached hydrogens (primary N) is 1. The van der Waals surface area contributed by atoms with Gasteiger partial charge in [0.2, 0.25) is 10.0 Å². The molecular formula is C7H17NO4S. The Kier molecular flexibility index (Phi) is 6.23. The molecule has 80 valence electrons. The van der Waals surface area contributed by atoms with E-state index in [1.54, 1.807) is 14.0 Å². The molecule has 6 heteroatoms. The topological polar surface area (TPSA) is 78.6 Å². The normalized spacial score (nSPS) is 14.4. The molecule has 0 heterocycles. The fourth-order valence-corrected chi connectivity index (χ4v) is 1.76. The average Bonchev–Trinajstić information content (AvgIpc) is 1.94. The van der Waals surface area contributed by atoms with Gasteiger partial charge in [0.15, 0.2) is 0 Å². The first-order valence-corrected chi connectivity index (χ1v) is 5.74. The standard InChI is InChI=1S/C7H17NO4S/c1-7(6-13(8,9)10)5-12-4-3-11-2/h7H,3-6H2,1-2H3,(H2,8,9,10). The van der Waals surface area contributed by atoms with Crippen LogP contribution in [0.5, 0.6) is 0 Å². The molecule has 0 rings (SSSR count). The van der Waals surface area contributed by atoms with Crippen molar-refractivity contribution in [3.05, 3.63) is 0 Å². The van der Waals surface area contributed by atoms with Crippen molar-refractivity contribution in [1.82, 2.24) is 0 Å².